The average molecular weight is 249 g/mol. The van der Waals surface area contributed by atoms with Crippen LogP contribution < -0.4 is 5.32 Å². The van der Waals surface area contributed by atoms with Crippen LogP contribution in [0.1, 0.15) is 18.4 Å². The van der Waals surface area contributed by atoms with Gasteiger partial charge in [-0.15, -0.1) is 0 Å². The molecule has 0 radical (unpaired) electrons. The van der Waals surface area contributed by atoms with Gasteiger partial charge in [0.25, 0.3) is 5.69 Å². The van der Waals surface area contributed by atoms with Gasteiger partial charge < -0.3 is 10.2 Å². The van der Waals surface area contributed by atoms with Gasteiger partial charge in [-0.1, -0.05) is 6.07 Å². The molecule has 1 aromatic carbocycles. The second-order valence-corrected chi connectivity index (χ2v) is 5.00. The van der Waals surface area contributed by atoms with Crippen LogP contribution >= 0.6 is 0 Å². The summed E-state index contributed by atoms with van der Waals surface area (Å²) in [5.41, 5.74) is 1.70. The molecule has 1 aromatic rings. The van der Waals surface area contributed by atoms with Crippen molar-refractivity contribution in [3.8, 4) is 0 Å². The second-order valence-electron chi connectivity index (χ2n) is 5.00. The van der Waals surface area contributed by atoms with Crippen molar-refractivity contribution in [1.29, 1.82) is 0 Å². The average Bonchev–Trinajstić information content (AvgIpc) is 3.12. The van der Waals surface area contributed by atoms with Gasteiger partial charge in [0.1, 0.15) is 5.69 Å². The summed E-state index contributed by atoms with van der Waals surface area (Å²) in [4.78, 5) is 12.9. The first-order chi connectivity index (χ1) is 8.60. The van der Waals surface area contributed by atoms with Gasteiger partial charge in [-0.05, 0) is 37.4 Å². The van der Waals surface area contributed by atoms with Gasteiger partial charge in [0, 0.05) is 26.2 Å². The van der Waals surface area contributed by atoms with Gasteiger partial charge >= 0.3 is 0 Å². The number of nitrogens with zero attached hydrogens (tertiary/aromatic N) is 2. The predicted molar refractivity (Wildman–Crippen MR) is 71.7 cm³/mol. The van der Waals surface area contributed by atoms with Crippen LogP contribution in [-0.2, 0) is 6.54 Å². The summed E-state index contributed by atoms with van der Waals surface area (Å²) in [5, 5.41) is 13.8. The van der Waals surface area contributed by atoms with E-state index in [9.17, 15) is 10.1 Å². The Morgan fingerprint density at radius 2 is 2.22 bits per heavy atom. The summed E-state index contributed by atoms with van der Waals surface area (Å²) in [6.07, 6.45) is 2.65. The van der Waals surface area contributed by atoms with Crippen LogP contribution in [0.25, 0.3) is 0 Å². The first-order valence-corrected chi connectivity index (χ1v) is 6.23. The molecule has 0 amide bonds. The Labute approximate surface area is 107 Å². The van der Waals surface area contributed by atoms with Crippen LogP contribution in [0.2, 0.25) is 0 Å². The molecule has 18 heavy (non-hydrogen) atoms. The molecular weight excluding hydrogens is 230 g/mol. The third kappa shape index (κ3) is 3.20. The van der Waals surface area contributed by atoms with E-state index in [0.717, 1.165) is 24.6 Å². The fourth-order valence-electron chi connectivity index (χ4n) is 2.16. The van der Waals surface area contributed by atoms with Crippen LogP contribution in [0.15, 0.2) is 18.2 Å². The Hall–Kier alpha value is -1.62. The first-order valence-electron chi connectivity index (χ1n) is 6.23. The molecule has 0 spiro atoms. The molecule has 1 aliphatic carbocycles. The smallest absolute Gasteiger partial charge is 0.292 e. The minimum atomic E-state index is -0.337. The lowest BCUT2D eigenvalue weighted by Gasteiger charge is -2.16. The Morgan fingerprint density at radius 1 is 1.50 bits per heavy atom. The fourth-order valence-corrected chi connectivity index (χ4v) is 2.16. The van der Waals surface area contributed by atoms with Gasteiger partial charge in [0.2, 0.25) is 0 Å². The number of benzene rings is 1. The van der Waals surface area contributed by atoms with Crippen LogP contribution in [0, 0.1) is 16.0 Å². The van der Waals surface area contributed by atoms with Gasteiger partial charge in [0.05, 0.1) is 4.92 Å². The first kappa shape index (κ1) is 12.8. The molecule has 0 aliphatic heterocycles. The van der Waals surface area contributed by atoms with Crippen molar-refractivity contribution in [1.82, 2.24) is 4.90 Å². The Balaban J connectivity index is 2.07. The van der Waals surface area contributed by atoms with Crippen molar-refractivity contribution in [2.75, 3.05) is 26.0 Å². The topological polar surface area (TPSA) is 58.4 Å². The highest BCUT2D eigenvalue weighted by molar-refractivity contribution is 5.62. The summed E-state index contributed by atoms with van der Waals surface area (Å²) in [6.45, 7) is 1.85. The van der Waals surface area contributed by atoms with E-state index in [0.29, 0.717) is 5.69 Å². The molecule has 1 saturated carbocycles. The Kier molecular flexibility index (Phi) is 3.81. The normalized spacial score (nSPS) is 14.8. The number of rotatable bonds is 6. The molecule has 2 rings (SSSR count). The maximum absolute atomic E-state index is 11.0. The zero-order valence-corrected chi connectivity index (χ0v) is 10.8. The molecular formula is C13H19N3O2. The number of hydrogen-bond donors (Lipinski definition) is 1. The van der Waals surface area contributed by atoms with Crippen molar-refractivity contribution < 1.29 is 4.92 Å². The van der Waals surface area contributed by atoms with E-state index in [1.54, 1.807) is 19.2 Å². The number of nitro benzene ring substituents is 1. The van der Waals surface area contributed by atoms with Crippen molar-refractivity contribution >= 4 is 11.4 Å². The van der Waals surface area contributed by atoms with E-state index in [-0.39, 0.29) is 10.6 Å². The minimum Gasteiger partial charge on any atom is -0.383 e. The summed E-state index contributed by atoms with van der Waals surface area (Å²) >= 11 is 0. The minimum absolute atomic E-state index is 0.148. The van der Waals surface area contributed by atoms with Gasteiger partial charge in [-0.25, -0.2) is 0 Å². The molecule has 0 heterocycles. The summed E-state index contributed by atoms with van der Waals surface area (Å²) in [5.74, 6) is 0.835. The molecule has 1 aliphatic rings. The molecule has 0 saturated heterocycles. The van der Waals surface area contributed by atoms with E-state index in [1.807, 2.05) is 6.07 Å². The zero-order chi connectivity index (χ0) is 13.1. The number of nitro groups is 1. The summed E-state index contributed by atoms with van der Waals surface area (Å²) < 4.78 is 0. The van der Waals surface area contributed by atoms with Crippen molar-refractivity contribution in [2.24, 2.45) is 5.92 Å². The number of nitrogens with one attached hydrogen (secondary N) is 1. The van der Waals surface area contributed by atoms with E-state index in [1.165, 1.54) is 12.8 Å². The fraction of sp³-hybridized carbons (Fsp3) is 0.538. The zero-order valence-electron chi connectivity index (χ0n) is 10.8. The standard InChI is InChI=1S/C13H19N3O2/c1-14-12-6-5-11(7-13(12)16(17)18)9-15(2)8-10-3-4-10/h5-7,10,14H,3-4,8-9H2,1-2H3. The SMILES string of the molecule is CNc1ccc(CN(C)CC2CC2)cc1[N+](=O)[O-]. The molecule has 5 nitrogen and oxygen atoms in total. The highest BCUT2D eigenvalue weighted by Crippen LogP contribution is 2.30. The molecule has 0 aromatic heterocycles. The molecule has 0 atom stereocenters. The van der Waals surface area contributed by atoms with E-state index >= 15 is 0 Å². The van der Waals surface area contributed by atoms with E-state index in [2.05, 4.69) is 17.3 Å². The molecule has 0 bridgehead atoms. The largest absolute Gasteiger partial charge is 0.383 e. The van der Waals surface area contributed by atoms with Gasteiger partial charge in [-0.2, -0.15) is 0 Å². The summed E-state index contributed by atoms with van der Waals surface area (Å²) in [6, 6.07) is 5.38. The van der Waals surface area contributed by atoms with Crippen molar-refractivity contribution in [2.45, 2.75) is 19.4 Å². The maximum atomic E-state index is 11.0. The van der Waals surface area contributed by atoms with Gasteiger partial charge in [0.15, 0.2) is 0 Å². The second kappa shape index (κ2) is 5.35. The van der Waals surface area contributed by atoms with E-state index < -0.39 is 0 Å². The number of hydrogen-bond acceptors (Lipinski definition) is 4. The van der Waals surface area contributed by atoms with Crippen LogP contribution in [-0.4, -0.2) is 30.5 Å². The van der Waals surface area contributed by atoms with Crippen molar-refractivity contribution in [3.63, 3.8) is 0 Å². The Morgan fingerprint density at radius 3 is 2.78 bits per heavy atom. The molecule has 0 unspecified atom stereocenters. The lowest BCUT2D eigenvalue weighted by atomic mass is 10.1. The highest BCUT2D eigenvalue weighted by atomic mass is 16.6. The maximum Gasteiger partial charge on any atom is 0.292 e. The molecule has 98 valence electrons. The third-order valence-electron chi connectivity index (χ3n) is 3.25. The van der Waals surface area contributed by atoms with Crippen LogP contribution in [0.4, 0.5) is 11.4 Å². The summed E-state index contributed by atoms with van der Waals surface area (Å²) in [7, 11) is 3.76. The highest BCUT2D eigenvalue weighted by Gasteiger charge is 2.23. The van der Waals surface area contributed by atoms with E-state index in [4.69, 9.17) is 0 Å². The lowest BCUT2D eigenvalue weighted by Crippen LogP contribution is -2.20. The van der Waals surface area contributed by atoms with Gasteiger partial charge in [-0.3, -0.25) is 10.1 Å². The Bertz CT molecular complexity index is 444. The quantitative estimate of drug-likeness (QED) is 0.621. The third-order valence-corrected chi connectivity index (χ3v) is 3.25. The number of anilines is 1. The van der Waals surface area contributed by atoms with Crippen LogP contribution in [0.3, 0.4) is 0 Å². The van der Waals surface area contributed by atoms with Crippen LogP contribution in [0.5, 0.6) is 0 Å². The lowest BCUT2D eigenvalue weighted by molar-refractivity contribution is -0.384. The molecule has 5 heteroatoms. The monoisotopic (exact) mass is 249 g/mol. The predicted octanol–water partition coefficient (Wildman–Crippen LogP) is 2.48. The molecule has 1 fully saturated rings. The molecule has 1 N–H and O–H groups in total. The van der Waals surface area contributed by atoms with Crippen molar-refractivity contribution in [3.05, 3.63) is 33.9 Å².